The Bertz CT molecular complexity index is 856. The number of rotatable bonds is 6. The molecule has 3 rings (SSSR count). The first-order chi connectivity index (χ1) is 14.8. The lowest BCUT2D eigenvalue weighted by Crippen LogP contribution is -2.51. The monoisotopic (exact) mass is 429 g/mol. The summed E-state index contributed by atoms with van der Waals surface area (Å²) in [4.78, 5) is 41.7. The lowest BCUT2D eigenvalue weighted by atomic mass is 9.92. The van der Waals surface area contributed by atoms with Gasteiger partial charge in [0, 0.05) is 25.3 Å². The molecule has 3 amide bonds. The molecule has 0 saturated carbocycles. The first kappa shape index (κ1) is 22.8. The summed E-state index contributed by atoms with van der Waals surface area (Å²) in [5, 5.41) is 3.00. The SMILES string of the molecule is COC(=O)c1ccc(C2NC(=O)N(CCC(C)C)C(C)=C2C(=O)N2CCOCC2)cc1. The van der Waals surface area contributed by atoms with Gasteiger partial charge in [0.1, 0.15) is 0 Å². The molecule has 1 saturated heterocycles. The van der Waals surface area contributed by atoms with Crippen molar-refractivity contribution in [2.24, 2.45) is 5.92 Å². The molecule has 1 atom stereocenters. The highest BCUT2D eigenvalue weighted by Crippen LogP contribution is 2.32. The lowest BCUT2D eigenvalue weighted by molar-refractivity contribution is -0.131. The van der Waals surface area contributed by atoms with Crippen LogP contribution in [0.15, 0.2) is 35.5 Å². The number of urea groups is 1. The fraction of sp³-hybridized carbons (Fsp3) is 0.522. The number of hydrogen-bond donors (Lipinski definition) is 1. The third-order valence-corrected chi connectivity index (χ3v) is 5.72. The van der Waals surface area contributed by atoms with Gasteiger partial charge in [-0.05, 0) is 37.0 Å². The number of nitrogens with one attached hydrogen (secondary N) is 1. The van der Waals surface area contributed by atoms with Crippen LogP contribution in [-0.2, 0) is 14.3 Å². The van der Waals surface area contributed by atoms with E-state index in [-0.39, 0.29) is 11.9 Å². The van der Waals surface area contributed by atoms with Crippen molar-refractivity contribution >= 4 is 17.9 Å². The Morgan fingerprint density at radius 1 is 1.19 bits per heavy atom. The second-order valence-electron chi connectivity index (χ2n) is 8.23. The second-order valence-corrected chi connectivity index (χ2v) is 8.23. The Labute approximate surface area is 183 Å². The molecule has 0 aromatic heterocycles. The number of nitrogens with zero attached hydrogens (tertiary/aromatic N) is 2. The van der Waals surface area contributed by atoms with Crippen molar-refractivity contribution in [3.8, 4) is 0 Å². The molecule has 1 N–H and O–H groups in total. The molecule has 1 aromatic carbocycles. The van der Waals surface area contributed by atoms with Crippen LogP contribution in [0.3, 0.4) is 0 Å². The summed E-state index contributed by atoms with van der Waals surface area (Å²) in [6.07, 6.45) is 0.836. The maximum absolute atomic E-state index is 13.5. The molecule has 1 aromatic rings. The molecule has 31 heavy (non-hydrogen) atoms. The topological polar surface area (TPSA) is 88.2 Å². The molecule has 2 aliphatic rings. The van der Waals surface area contributed by atoms with Gasteiger partial charge in [0.25, 0.3) is 5.91 Å². The molecule has 8 heteroatoms. The van der Waals surface area contributed by atoms with Gasteiger partial charge in [-0.15, -0.1) is 0 Å². The maximum Gasteiger partial charge on any atom is 0.337 e. The van der Waals surface area contributed by atoms with Crippen molar-refractivity contribution in [2.45, 2.75) is 33.2 Å². The zero-order valence-corrected chi connectivity index (χ0v) is 18.6. The van der Waals surface area contributed by atoms with E-state index in [9.17, 15) is 14.4 Å². The van der Waals surface area contributed by atoms with E-state index in [0.29, 0.717) is 55.6 Å². The van der Waals surface area contributed by atoms with E-state index >= 15 is 0 Å². The van der Waals surface area contributed by atoms with Gasteiger partial charge in [-0.25, -0.2) is 9.59 Å². The molecule has 2 aliphatic heterocycles. The second kappa shape index (κ2) is 9.96. The van der Waals surface area contributed by atoms with E-state index in [1.54, 1.807) is 34.1 Å². The van der Waals surface area contributed by atoms with Crippen LogP contribution < -0.4 is 5.32 Å². The van der Waals surface area contributed by atoms with E-state index in [1.807, 2.05) is 6.92 Å². The number of benzene rings is 1. The summed E-state index contributed by atoms with van der Waals surface area (Å²) in [5.74, 6) is -0.101. The van der Waals surface area contributed by atoms with E-state index < -0.39 is 12.0 Å². The van der Waals surface area contributed by atoms with E-state index in [1.165, 1.54) is 7.11 Å². The molecule has 0 radical (unpaired) electrons. The zero-order valence-electron chi connectivity index (χ0n) is 18.6. The minimum absolute atomic E-state index is 0.0996. The smallest absolute Gasteiger partial charge is 0.337 e. The third kappa shape index (κ3) is 5.07. The summed E-state index contributed by atoms with van der Waals surface area (Å²) >= 11 is 0. The number of carbonyl (C=O) groups is 3. The van der Waals surface area contributed by atoms with Crippen LogP contribution in [0.25, 0.3) is 0 Å². The van der Waals surface area contributed by atoms with Crippen LogP contribution >= 0.6 is 0 Å². The van der Waals surface area contributed by atoms with Crippen LogP contribution in [-0.4, -0.2) is 67.7 Å². The summed E-state index contributed by atoms with van der Waals surface area (Å²) in [6, 6.07) is 5.97. The normalized spacial score (nSPS) is 19.5. The summed E-state index contributed by atoms with van der Waals surface area (Å²) < 4.78 is 10.1. The third-order valence-electron chi connectivity index (χ3n) is 5.72. The van der Waals surface area contributed by atoms with Gasteiger partial charge >= 0.3 is 12.0 Å². The first-order valence-electron chi connectivity index (χ1n) is 10.7. The maximum atomic E-state index is 13.5. The molecule has 2 heterocycles. The van der Waals surface area contributed by atoms with Crippen molar-refractivity contribution in [1.82, 2.24) is 15.1 Å². The lowest BCUT2D eigenvalue weighted by Gasteiger charge is -2.38. The summed E-state index contributed by atoms with van der Waals surface area (Å²) in [6.45, 7) is 8.62. The zero-order chi connectivity index (χ0) is 22.5. The van der Waals surface area contributed by atoms with Gasteiger partial charge in [0.2, 0.25) is 0 Å². The van der Waals surface area contributed by atoms with Crippen LogP contribution in [0, 0.1) is 5.92 Å². The molecule has 168 valence electrons. The van der Waals surface area contributed by atoms with Crippen LogP contribution in [0.2, 0.25) is 0 Å². The first-order valence-corrected chi connectivity index (χ1v) is 10.7. The number of amides is 3. The number of carbonyl (C=O) groups excluding carboxylic acids is 3. The highest BCUT2D eigenvalue weighted by atomic mass is 16.5. The molecule has 0 bridgehead atoms. The number of morpholine rings is 1. The largest absolute Gasteiger partial charge is 0.465 e. The minimum atomic E-state index is -0.593. The average molecular weight is 430 g/mol. The Hall–Kier alpha value is -2.87. The fourth-order valence-electron chi connectivity index (χ4n) is 3.83. The van der Waals surface area contributed by atoms with Gasteiger partial charge in [-0.2, -0.15) is 0 Å². The van der Waals surface area contributed by atoms with Crippen molar-refractivity contribution < 1.29 is 23.9 Å². The van der Waals surface area contributed by atoms with Gasteiger partial charge in [0.15, 0.2) is 0 Å². The van der Waals surface area contributed by atoms with E-state index in [0.717, 1.165) is 12.0 Å². The van der Waals surface area contributed by atoms with Crippen molar-refractivity contribution in [2.75, 3.05) is 40.0 Å². The van der Waals surface area contributed by atoms with Gasteiger partial charge in [-0.3, -0.25) is 9.69 Å². The molecular formula is C23H31N3O5. The molecule has 0 aliphatic carbocycles. The van der Waals surface area contributed by atoms with Crippen LogP contribution in [0.4, 0.5) is 4.79 Å². The standard InChI is InChI=1S/C23H31N3O5/c1-15(2)9-10-26-16(3)19(21(27)25-11-13-31-14-12-25)20(24-23(26)29)17-5-7-18(8-6-17)22(28)30-4/h5-8,15,20H,9-14H2,1-4H3,(H,24,29). The number of ether oxygens (including phenoxy) is 2. The predicted molar refractivity (Wildman–Crippen MR) is 115 cm³/mol. The van der Waals surface area contributed by atoms with E-state index in [2.05, 4.69) is 19.2 Å². The fourth-order valence-corrected chi connectivity index (χ4v) is 3.83. The van der Waals surface area contributed by atoms with Crippen molar-refractivity contribution in [3.05, 3.63) is 46.7 Å². The van der Waals surface area contributed by atoms with Gasteiger partial charge in [0.05, 0.1) is 37.5 Å². The number of allylic oxidation sites excluding steroid dienone is 1. The van der Waals surface area contributed by atoms with Crippen LogP contribution in [0.5, 0.6) is 0 Å². The van der Waals surface area contributed by atoms with Crippen LogP contribution in [0.1, 0.15) is 49.2 Å². The molecule has 1 unspecified atom stereocenters. The van der Waals surface area contributed by atoms with Crippen molar-refractivity contribution in [1.29, 1.82) is 0 Å². The minimum Gasteiger partial charge on any atom is -0.465 e. The summed E-state index contributed by atoms with van der Waals surface area (Å²) in [7, 11) is 1.33. The van der Waals surface area contributed by atoms with E-state index in [4.69, 9.17) is 9.47 Å². The summed E-state index contributed by atoms with van der Waals surface area (Å²) in [5.41, 5.74) is 2.37. The predicted octanol–water partition coefficient (Wildman–Crippen LogP) is 2.72. The van der Waals surface area contributed by atoms with Gasteiger partial charge < -0.3 is 19.7 Å². The quantitative estimate of drug-likeness (QED) is 0.703. The number of hydrogen-bond acceptors (Lipinski definition) is 5. The Morgan fingerprint density at radius 3 is 2.42 bits per heavy atom. The Kier molecular flexibility index (Phi) is 7.33. The molecular weight excluding hydrogens is 398 g/mol. The number of methoxy groups -OCH3 is 1. The Morgan fingerprint density at radius 2 is 1.84 bits per heavy atom. The molecule has 1 fully saturated rings. The highest BCUT2D eigenvalue weighted by molar-refractivity contribution is 5.98. The van der Waals surface area contributed by atoms with Gasteiger partial charge in [-0.1, -0.05) is 26.0 Å². The highest BCUT2D eigenvalue weighted by Gasteiger charge is 2.37. The number of esters is 1. The van der Waals surface area contributed by atoms with Crippen molar-refractivity contribution in [3.63, 3.8) is 0 Å². The molecule has 8 nitrogen and oxygen atoms in total. The average Bonchev–Trinajstić information content (AvgIpc) is 2.78. The molecule has 0 spiro atoms. The Balaban J connectivity index is 1.98.